The average molecular weight is 319 g/mol. The molecule has 1 unspecified atom stereocenters. The van der Waals surface area contributed by atoms with E-state index in [2.05, 4.69) is 0 Å². The van der Waals surface area contributed by atoms with Crippen LogP contribution in [-0.2, 0) is 6.42 Å². The molecule has 0 aliphatic heterocycles. The molecular formula is C10H11Cl3FNO3. The van der Waals surface area contributed by atoms with Gasteiger partial charge >= 0.3 is 5.97 Å². The van der Waals surface area contributed by atoms with Crippen molar-refractivity contribution in [3.05, 3.63) is 33.1 Å². The zero-order valence-electron chi connectivity index (χ0n) is 8.99. The molecule has 0 aromatic heterocycles. The number of halogens is 4. The number of rotatable bonds is 4. The lowest BCUT2D eigenvalue weighted by Crippen LogP contribution is -2.27. The van der Waals surface area contributed by atoms with Gasteiger partial charge in [-0.05, 0) is 18.1 Å². The van der Waals surface area contributed by atoms with Crippen molar-refractivity contribution < 1.29 is 19.4 Å². The summed E-state index contributed by atoms with van der Waals surface area (Å²) in [5.41, 5.74) is 5.19. The third kappa shape index (κ3) is 3.70. The number of benzene rings is 1. The van der Waals surface area contributed by atoms with E-state index in [-0.39, 0.29) is 46.6 Å². The summed E-state index contributed by atoms with van der Waals surface area (Å²) < 4.78 is 13.4. The molecule has 102 valence electrons. The summed E-state index contributed by atoms with van der Waals surface area (Å²) in [6, 6.07) is 0.0643. The van der Waals surface area contributed by atoms with Gasteiger partial charge in [0.15, 0.2) is 0 Å². The molecule has 0 radical (unpaired) electrons. The standard InChI is InChI=1S/C10H10Cl2FNO3.ClH/c11-8-5(1-4(14)3-15)9(12)7(13)2-6(8)10(16)17;/h2,4,15H,1,3,14H2,(H,16,17);1H. The molecule has 0 aliphatic carbocycles. The fourth-order valence-corrected chi connectivity index (χ4v) is 1.90. The molecule has 0 saturated carbocycles. The maximum absolute atomic E-state index is 13.4. The number of aromatic carboxylic acids is 1. The Morgan fingerprint density at radius 2 is 2.00 bits per heavy atom. The number of aliphatic hydroxyl groups is 1. The molecule has 0 saturated heterocycles. The van der Waals surface area contributed by atoms with Gasteiger partial charge < -0.3 is 15.9 Å². The highest BCUT2D eigenvalue weighted by molar-refractivity contribution is 6.38. The maximum atomic E-state index is 13.4. The molecule has 1 aromatic rings. The van der Waals surface area contributed by atoms with Crippen LogP contribution in [0.2, 0.25) is 10.0 Å². The van der Waals surface area contributed by atoms with E-state index in [1.165, 1.54) is 0 Å². The Morgan fingerprint density at radius 3 is 2.44 bits per heavy atom. The summed E-state index contributed by atoms with van der Waals surface area (Å²) in [5.74, 6) is -2.24. The molecule has 0 bridgehead atoms. The Morgan fingerprint density at radius 1 is 1.44 bits per heavy atom. The number of carboxylic acid groups (broad SMARTS) is 1. The number of hydrogen-bond donors (Lipinski definition) is 3. The lowest BCUT2D eigenvalue weighted by molar-refractivity contribution is 0.0696. The van der Waals surface area contributed by atoms with Gasteiger partial charge in [-0.15, -0.1) is 12.4 Å². The van der Waals surface area contributed by atoms with Crippen molar-refractivity contribution in [2.45, 2.75) is 12.5 Å². The number of hydrogen-bond acceptors (Lipinski definition) is 3. The van der Waals surface area contributed by atoms with E-state index in [1.807, 2.05) is 0 Å². The van der Waals surface area contributed by atoms with Gasteiger partial charge in [-0.1, -0.05) is 23.2 Å². The quantitative estimate of drug-likeness (QED) is 0.743. The first-order chi connectivity index (χ1) is 7.88. The number of carbonyl (C=O) groups is 1. The van der Waals surface area contributed by atoms with Gasteiger partial charge in [0.05, 0.1) is 22.2 Å². The molecule has 0 spiro atoms. The van der Waals surface area contributed by atoms with Crippen LogP contribution in [0.25, 0.3) is 0 Å². The van der Waals surface area contributed by atoms with E-state index < -0.39 is 17.8 Å². The first kappa shape index (κ1) is 17.4. The van der Waals surface area contributed by atoms with E-state index in [0.717, 1.165) is 6.07 Å². The minimum Gasteiger partial charge on any atom is -0.478 e. The van der Waals surface area contributed by atoms with Crippen LogP contribution in [0.3, 0.4) is 0 Å². The van der Waals surface area contributed by atoms with Crippen LogP contribution in [-0.4, -0.2) is 28.8 Å². The molecule has 1 rings (SSSR count). The van der Waals surface area contributed by atoms with Gasteiger partial charge in [0.25, 0.3) is 0 Å². The molecule has 18 heavy (non-hydrogen) atoms. The van der Waals surface area contributed by atoms with Crippen LogP contribution in [0.5, 0.6) is 0 Å². The van der Waals surface area contributed by atoms with Crippen molar-refractivity contribution >= 4 is 41.6 Å². The third-order valence-corrected chi connectivity index (χ3v) is 3.02. The molecular weight excluding hydrogens is 307 g/mol. The highest BCUT2D eigenvalue weighted by Gasteiger charge is 2.21. The molecule has 0 amide bonds. The van der Waals surface area contributed by atoms with Crippen molar-refractivity contribution in [3.63, 3.8) is 0 Å². The zero-order valence-corrected chi connectivity index (χ0v) is 11.3. The molecule has 4 nitrogen and oxygen atoms in total. The van der Waals surface area contributed by atoms with E-state index in [4.69, 9.17) is 39.1 Å². The van der Waals surface area contributed by atoms with Gasteiger partial charge in [0.1, 0.15) is 5.82 Å². The van der Waals surface area contributed by atoms with E-state index in [0.29, 0.717) is 0 Å². The molecule has 8 heteroatoms. The summed E-state index contributed by atoms with van der Waals surface area (Å²) in [6.45, 7) is -0.342. The Labute approximate surface area is 119 Å². The van der Waals surface area contributed by atoms with Crippen LogP contribution in [0.15, 0.2) is 6.07 Å². The highest BCUT2D eigenvalue weighted by atomic mass is 35.5. The lowest BCUT2D eigenvalue weighted by atomic mass is 10.0. The highest BCUT2D eigenvalue weighted by Crippen LogP contribution is 2.31. The predicted octanol–water partition coefficient (Wildman–Crippen LogP) is 2.11. The summed E-state index contributed by atoms with van der Waals surface area (Å²) in [5, 5.41) is 17.2. The zero-order chi connectivity index (χ0) is 13.2. The van der Waals surface area contributed by atoms with Crippen molar-refractivity contribution in [3.8, 4) is 0 Å². The molecule has 0 fully saturated rings. The Kier molecular flexibility index (Phi) is 6.88. The molecule has 4 N–H and O–H groups in total. The van der Waals surface area contributed by atoms with E-state index in [1.54, 1.807) is 0 Å². The Hall–Kier alpha value is -0.590. The number of nitrogens with two attached hydrogens (primary N) is 1. The van der Waals surface area contributed by atoms with E-state index >= 15 is 0 Å². The van der Waals surface area contributed by atoms with Gasteiger partial charge in [0.2, 0.25) is 0 Å². The molecule has 1 atom stereocenters. The summed E-state index contributed by atoms with van der Waals surface area (Å²) in [7, 11) is 0. The monoisotopic (exact) mass is 317 g/mol. The first-order valence-corrected chi connectivity index (χ1v) is 5.40. The van der Waals surface area contributed by atoms with Crippen molar-refractivity contribution in [2.75, 3.05) is 6.61 Å². The van der Waals surface area contributed by atoms with Crippen LogP contribution >= 0.6 is 35.6 Å². The van der Waals surface area contributed by atoms with E-state index in [9.17, 15) is 9.18 Å². The third-order valence-electron chi connectivity index (χ3n) is 2.18. The number of aliphatic hydroxyl groups excluding tert-OH is 1. The average Bonchev–Trinajstić information content (AvgIpc) is 2.28. The minimum absolute atomic E-state index is 0. The van der Waals surface area contributed by atoms with Gasteiger partial charge in [-0.3, -0.25) is 0 Å². The van der Waals surface area contributed by atoms with Crippen LogP contribution < -0.4 is 5.73 Å². The first-order valence-electron chi connectivity index (χ1n) is 4.64. The summed E-state index contributed by atoms with van der Waals surface area (Å²) in [6.07, 6.45) is -0.00773. The van der Waals surface area contributed by atoms with Crippen molar-refractivity contribution in [1.29, 1.82) is 0 Å². The second-order valence-electron chi connectivity index (χ2n) is 3.46. The smallest absolute Gasteiger partial charge is 0.337 e. The van der Waals surface area contributed by atoms with Crippen LogP contribution in [0.1, 0.15) is 15.9 Å². The maximum Gasteiger partial charge on any atom is 0.337 e. The lowest BCUT2D eigenvalue weighted by Gasteiger charge is -2.13. The normalized spacial score (nSPS) is 11.8. The molecule has 0 aliphatic rings. The van der Waals surface area contributed by atoms with Crippen LogP contribution in [0, 0.1) is 5.82 Å². The van der Waals surface area contributed by atoms with Gasteiger partial charge in [-0.25, -0.2) is 9.18 Å². The van der Waals surface area contributed by atoms with Gasteiger partial charge in [-0.2, -0.15) is 0 Å². The predicted molar refractivity (Wildman–Crippen MR) is 69.4 cm³/mol. The van der Waals surface area contributed by atoms with Crippen LogP contribution in [0.4, 0.5) is 4.39 Å². The Bertz CT molecular complexity index is 456. The topological polar surface area (TPSA) is 83.5 Å². The summed E-state index contributed by atoms with van der Waals surface area (Å²) in [4.78, 5) is 10.8. The Balaban J connectivity index is 0.00000289. The SMILES string of the molecule is Cl.NC(CO)Cc1c(Cl)c(F)cc(C(=O)O)c1Cl. The molecule has 0 heterocycles. The number of carboxylic acids is 1. The fraction of sp³-hybridized carbons (Fsp3) is 0.300. The second kappa shape index (κ2) is 7.11. The van der Waals surface area contributed by atoms with Crippen molar-refractivity contribution in [1.82, 2.24) is 0 Å². The minimum atomic E-state index is -1.36. The summed E-state index contributed by atoms with van der Waals surface area (Å²) >= 11 is 11.5. The second-order valence-corrected chi connectivity index (χ2v) is 4.22. The fourth-order valence-electron chi connectivity index (χ4n) is 1.32. The largest absolute Gasteiger partial charge is 0.478 e. The van der Waals surface area contributed by atoms with Crippen molar-refractivity contribution in [2.24, 2.45) is 5.73 Å². The van der Waals surface area contributed by atoms with Gasteiger partial charge in [0, 0.05) is 6.04 Å². The molecule has 1 aromatic carbocycles.